The quantitative estimate of drug-likeness (QED) is 0.355. The molecule has 2 aromatic heterocycles. The highest BCUT2D eigenvalue weighted by molar-refractivity contribution is 6.32. The second kappa shape index (κ2) is 11.3. The standard InChI is InChI=1S/C15H23ClN4O2.C5H2ClFN2O2/c1-15(2,3)22-14(21)18-8-10-6-7-20(9-10)12-5-4-11(17)13(16)19-12;6-5-3(9(10)11)1-2-4(7)8-5/h4-5,10H,6-9,17H2,1-3H3,(H,18,21);1-2H. The van der Waals surface area contributed by atoms with E-state index >= 15 is 0 Å². The van der Waals surface area contributed by atoms with Crippen molar-refractivity contribution in [3.8, 4) is 0 Å². The lowest BCUT2D eigenvalue weighted by molar-refractivity contribution is -0.385. The van der Waals surface area contributed by atoms with Crippen LogP contribution in [-0.4, -0.2) is 46.2 Å². The molecule has 0 saturated carbocycles. The number of amides is 1. The van der Waals surface area contributed by atoms with Crippen molar-refractivity contribution in [1.82, 2.24) is 15.3 Å². The number of rotatable bonds is 4. The third kappa shape index (κ3) is 8.50. The van der Waals surface area contributed by atoms with Gasteiger partial charge in [-0.3, -0.25) is 10.1 Å². The highest BCUT2D eigenvalue weighted by Crippen LogP contribution is 2.25. The van der Waals surface area contributed by atoms with E-state index in [9.17, 15) is 19.3 Å². The molecule has 2 aromatic rings. The number of nitrogen functional groups attached to an aromatic ring is 1. The molecule has 1 amide bonds. The van der Waals surface area contributed by atoms with Gasteiger partial charge in [-0.25, -0.2) is 14.8 Å². The van der Waals surface area contributed by atoms with Gasteiger partial charge in [0.25, 0.3) is 0 Å². The molecule has 1 unspecified atom stereocenters. The average Bonchev–Trinajstić information content (AvgIpc) is 3.16. The number of nitro groups is 1. The van der Waals surface area contributed by atoms with E-state index in [4.69, 9.17) is 33.7 Å². The average molecular weight is 503 g/mol. The van der Waals surface area contributed by atoms with Crippen molar-refractivity contribution in [3.63, 3.8) is 0 Å². The molecule has 1 aliphatic heterocycles. The Hall–Kier alpha value is -2.92. The normalized spacial score (nSPS) is 15.5. The highest BCUT2D eigenvalue weighted by Gasteiger charge is 2.25. The van der Waals surface area contributed by atoms with E-state index in [-0.39, 0.29) is 6.09 Å². The molecule has 1 fully saturated rings. The van der Waals surface area contributed by atoms with Crippen LogP contribution in [0.3, 0.4) is 0 Å². The second-order valence-corrected chi connectivity index (χ2v) is 8.95. The number of nitrogens with one attached hydrogen (secondary N) is 1. The van der Waals surface area contributed by atoms with E-state index in [1.165, 1.54) is 0 Å². The summed E-state index contributed by atoms with van der Waals surface area (Å²) >= 11 is 11.2. The van der Waals surface area contributed by atoms with Crippen molar-refractivity contribution in [1.29, 1.82) is 0 Å². The van der Waals surface area contributed by atoms with Crippen molar-refractivity contribution >= 4 is 46.5 Å². The minimum Gasteiger partial charge on any atom is -0.444 e. The SMILES string of the molecule is CC(C)(C)OC(=O)NCC1CCN(c2ccc(N)c(Cl)n2)C1.O=[N+]([O-])c1ccc(F)nc1Cl. The summed E-state index contributed by atoms with van der Waals surface area (Å²) in [4.78, 5) is 30.5. The van der Waals surface area contributed by atoms with Crippen molar-refractivity contribution in [2.24, 2.45) is 5.92 Å². The molecule has 33 heavy (non-hydrogen) atoms. The van der Waals surface area contributed by atoms with E-state index in [1.54, 1.807) is 6.07 Å². The number of hydrogen-bond acceptors (Lipinski definition) is 8. The van der Waals surface area contributed by atoms with Crippen LogP contribution in [0, 0.1) is 22.0 Å². The lowest BCUT2D eigenvalue weighted by Gasteiger charge is -2.21. The minimum atomic E-state index is -0.833. The number of halogens is 3. The number of anilines is 2. The number of nitrogens with zero attached hydrogens (tertiary/aromatic N) is 4. The molecular formula is C20H25Cl2FN6O4. The number of pyridine rings is 2. The first-order chi connectivity index (χ1) is 15.4. The van der Waals surface area contributed by atoms with Gasteiger partial charge in [0, 0.05) is 31.8 Å². The van der Waals surface area contributed by atoms with Gasteiger partial charge in [0.1, 0.15) is 11.4 Å². The van der Waals surface area contributed by atoms with Crippen LogP contribution in [0.15, 0.2) is 24.3 Å². The molecule has 0 bridgehead atoms. The lowest BCUT2D eigenvalue weighted by Crippen LogP contribution is -2.36. The van der Waals surface area contributed by atoms with Gasteiger partial charge >= 0.3 is 11.8 Å². The molecule has 1 saturated heterocycles. The summed E-state index contributed by atoms with van der Waals surface area (Å²) in [5.41, 5.74) is 5.28. The summed E-state index contributed by atoms with van der Waals surface area (Å²) in [6.07, 6.45) is 0.610. The first-order valence-corrected chi connectivity index (χ1v) is 10.7. The Bertz CT molecular complexity index is 1010. The van der Waals surface area contributed by atoms with E-state index in [0.29, 0.717) is 23.3 Å². The van der Waals surface area contributed by atoms with Crippen LogP contribution in [0.4, 0.5) is 26.4 Å². The fourth-order valence-electron chi connectivity index (χ4n) is 2.90. The third-order valence-electron chi connectivity index (χ3n) is 4.40. The van der Waals surface area contributed by atoms with Gasteiger partial charge in [-0.2, -0.15) is 4.39 Å². The fourth-order valence-corrected chi connectivity index (χ4v) is 3.26. The molecule has 0 aliphatic carbocycles. The third-order valence-corrected chi connectivity index (χ3v) is 4.98. The number of nitrogens with two attached hydrogens (primary N) is 1. The van der Waals surface area contributed by atoms with Crippen molar-refractivity contribution in [2.45, 2.75) is 32.8 Å². The zero-order valence-corrected chi connectivity index (χ0v) is 19.9. The zero-order chi connectivity index (χ0) is 24.8. The Morgan fingerprint density at radius 2 is 2.00 bits per heavy atom. The fraction of sp³-hybridized carbons (Fsp3) is 0.450. The van der Waals surface area contributed by atoms with Crippen molar-refractivity contribution in [2.75, 3.05) is 30.3 Å². The van der Waals surface area contributed by atoms with Gasteiger partial charge in [0.05, 0.1) is 10.6 Å². The number of ether oxygens (including phenoxy) is 1. The molecule has 1 atom stereocenters. The first-order valence-electron chi connectivity index (χ1n) is 9.96. The lowest BCUT2D eigenvalue weighted by atomic mass is 10.1. The molecule has 0 aromatic carbocycles. The Morgan fingerprint density at radius 3 is 2.58 bits per heavy atom. The van der Waals surface area contributed by atoms with Crippen LogP contribution >= 0.6 is 23.2 Å². The maximum absolute atomic E-state index is 12.2. The molecule has 0 radical (unpaired) electrons. The van der Waals surface area contributed by atoms with Crippen LogP contribution in [0.2, 0.25) is 10.3 Å². The predicted molar refractivity (Wildman–Crippen MR) is 124 cm³/mol. The zero-order valence-electron chi connectivity index (χ0n) is 18.3. The molecule has 13 heteroatoms. The van der Waals surface area contributed by atoms with Crippen LogP contribution < -0.4 is 16.0 Å². The first kappa shape index (κ1) is 26.3. The maximum atomic E-state index is 12.2. The van der Waals surface area contributed by atoms with Crippen LogP contribution in [0.5, 0.6) is 0 Å². The topological polar surface area (TPSA) is 137 Å². The van der Waals surface area contributed by atoms with Gasteiger partial charge in [-0.05, 0) is 45.2 Å². The van der Waals surface area contributed by atoms with E-state index < -0.39 is 27.3 Å². The largest absolute Gasteiger partial charge is 0.444 e. The molecular weight excluding hydrogens is 478 g/mol. The van der Waals surface area contributed by atoms with E-state index in [0.717, 1.165) is 37.5 Å². The van der Waals surface area contributed by atoms with Crippen LogP contribution in [0.1, 0.15) is 27.2 Å². The van der Waals surface area contributed by atoms with Crippen LogP contribution in [0.25, 0.3) is 0 Å². The molecule has 3 heterocycles. The van der Waals surface area contributed by atoms with Gasteiger partial charge in [0.15, 0.2) is 5.15 Å². The smallest absolute Gasteiger partial charge is 0.407 e. The number of carbonyl (C=O) groups is 1. The van der Waals surface area contributed by atoms with E-state index in [1.807, 2.05) is 26.8 Å². The summed E-state index contributed by atoms with van der Waals surface area (Å²) in [5, 5.41) is 12.8. The van der Waals surface area contributed by atoms with Crippen molar-refractivity contribution in [3.05, 3.63) is 50.6 Å². The predicted octanol–water partition coefficient (Wildman–Crippen LogP) is 4.45. The molecule has 180 valence electrons. The number of alkyl carbamates (subject to hydrolysis) is 1. The minimum absolute atomic E-state index is 0.327. The maximum Gasteiger partial charge on any atom is 0.407 e. The Labute approximate surface area is 200 Å². The summed E-state index contributed by atoms with van der Waals surface area (Å²) < 4.78 is 17.4. The Morgan fingerprint density at radius 1 is 1.30 bits per heavy atom. The Balaban J connectivity index is 0.000000294. The van der Waals surface area contributed by atoms with Gasteiger partial charge < -0.3 is 20.7 Å². The molecule has 0 spiro atoms. The van der Waals surface area contributed by atoms with Crippen LogP contribution in [-0.2, 0) is 4.74 Å². The number of hydrogen-bond donors (Lipinski definition) is 2. The molecule has 3 N–H and O–H groups in total. The summed E-state index contributed by atoms with van der Waals surface area (Å²) in [6.45, 7) is 7.84. The summed E-state index contributed by atoms with van der Waals surface area (Å²) in [5.74, 6) is 0.352. The number of carbonyl (C=O) groups excluding carboxylic acids is 1. The molecule has 1 aliphatic rings. The monoisotopic (exact) mass is 502 g/mol. The van der Waals surface area contributed by atoms with Crippen molar-refractivity contribution < 1.29 is 18.8 Å². The molecule has 3 rings (SSSR count). The van der Waals surface area contributed by atoms with E-state index in [2.05, 4.69) is 20.2 Å². The summed E-state index contributed by atoms with van der Waals surface area (Å²) in [7, 11) is 0. The second-order valence-electron chi connectivity index (χ2n) is 8.23. The van der Waals surface area contributed by atoms with Gasteiger partial charge in [-0.15, -0.1) is 0 Å². The highest BCUT2D eigenvalue weighted by atomic mass is 35.5. The number of aromatic nitrogens is 2. The Kier molecular flexibility index (Phi) is 9.00. The van der Waals surface area contributed by atoms with Gasteiger partial charge in [-0.1, -0.05) is 23.2 Å². The van der Waals surface area contributed by atoms with Gasteiger partial charge in [0.2, 0.25) is 11.1 Å². The molecule has 10 nitrogen and oxygen atoms in total. The summed E-state index contributed by atoms with van der Waals surface area (Å²) in [6, 6.07) is 5.47.